The van der Waals surface area contributed by atoms with Gasteiger partial charge in [0.05, 0.1) is 16.0 Å². The minimum absolute atomic E-state index is 0.163. The largest absolute Gasteiger partial charge is 0.447 e. The average molecular weight is 305 g/mol. The number of carbonyl (C=O) groups excluding carboxylic acids is 1. The van der Waals surface area contributed by atoms with E-state index in [9.17, 15) is 4.79 Å². The van der Waals surface area contributed by atoms with Crippen molar-refractivity contribution in [2.24, 2.45) is 5.92 Å². The number of nitrogen functional groups attached to an aromatic ring is 1. The molecule has 0 amide bonds. The first-order chi connectivity index (χ1) is 8.82. The fourth-order valence-electron chi connectivity index (χ4n) is 1.39. The summed E-state index contributed by atoms with van der Waals surface area (Å²) < 4.78 is 5.18. The number of ether oxygens (including phenoxy) is 1. The summed E-state index contributed by atoms with van der Waals surface area (Å²) in [5.41, 5.74) is 7.08. The van der Waals surface area contributed by atoms with Gasteiger partial charge in [-0.05, 0) is 19.1 Å². The van der Waals surface area contributed by atoms with Crippen molar-refractivity contribution in [1.29, 1.82) is 0 Å². The Labute approximate surface area is 123 Å². The third kappa shape index (κ3) is 4.56. The van der Waals surface area contributed by atoms with Crippen LogP contribution in [0.3, 0.4) is 0 Å². The van der Waals surface area contributed by atoms with E-state index in [0.717, 1.165) is 0 Å². The third-order valence-electron chi connectivity index (χ3n) is 2.56. The third-order valence-corrected chi connectivity index (χ3v) is 3.41. The number of halogens is 2. The molecular weight excluding hydrogens is 287 g/mol. The molecule has 1 aromatic carbocycles. The lowest BCUT2D eigenvalue weighted by Crippen LogP contribution is -2.32. The Kier molecular flexibility index (Phi) is 5.91. The van der Waals surface area contributed by atoms with Gasteiger partial charge in [-0.25, -0.2) is 0 Å². The predicted molar refractivity (Wildman–Crippen MR) is 78.1 cm³/mol. The van der Waals surface area contributed by atoms with Crippen LogP contribution in [0.5, 0.6) is 0 Å². The lowest BCUT2D eigenvalue weighted by molar-refractivity contribution is -0.153. The van der Waals surface area contributed by atoms with Crippen molar-refractivity contribution in [3.05, 3.63) is 27.7 Å². The van der Waals surface area contributed by atoms with E-state index in [4.69, 9.17) is 33.7 Å². The molecule has 6 heteroatoms. The predicted octanol–water partition coefficient (Wildman–Crippen LogP) is 3.21. The van der Waals surface area contributed by atoms with Crippen LogP contribution in [-0.4, -0.2) is 12.2 Å². The molecule has 106 valence electrons. The monoisotopic (exact) mass is 304 g/mol. The van der Waals surface area contributed by atoms with E-state index in [2.05, 4.69) is 5.32 Å². The normalized spacial score (nSPS) is 12.5. The van der Waals surface area contributed by atoms with Gasteiger partial charge in [0, 0.05) is 17.8 Å². The minimum Gasteiger partial charge on any atom is -0.447 e. The van der Waals surface area contributed by atoms with E-state index in [1.807, 2.05) is 0 Å². The second kappa shape index (κ2) is 6.98. The Hall–Kier alpha value is -0.970. The summed E-state index contributed by atoms with van der Waals surface area (Å²) in [7, 11) is 0. The Morgan fingerprint density at radius 1 is 1.37 bits per heavy atom. The smallest absolute Gasteiger partial charge is 0.309 e. The molecule has 0 bridgehead atoms. The molecule has 0 aliphatic heterocycles. The van der Waals surface area contributed by atoms with Crippen LogP contribution in [0.4, 0.5) is 5.69 Å². The Morgan fingerprint density at radius 3 is 2.58 bits per heavy atom. The zero-order chi connectivity index (χ0) is 14.6. The van der Waals surface area contributed by atoms with Crippen LogP contribution in [0.2, 0.25) is 10.0 Å². The zero-order valence-corrected chi connectivity index (χ0v) is 12.7. The summed E-state index contributed by atoms with van der Waals surface area (Å²) in [6, 6.07) is 3.33. The van der Waals surface area contributed by atoms with Crippen LogP contribution in [0, 0.1) is 5.92 Å². The molecule has 1 atom stereocenters. The average Bonchev–Trinajstić information content (AvgIpc) is 2.33. The fraction of sp³-hybridized carbons (Fsp3) is 0.462. The summed E-state index contributed by atoms with van der Waals surface area (Å²) in [4.78, 5) is 11.4. The van der Waals surface area contributed by atoms with Gasteiger partial charge in [0.15, 0.2) is 6.23 Å². The highest BCUT2D eigenvalue weighted by atomic mass is 35.5. The van der Waals surface area contributed by atoms with Gasteiger partial charge in [0.1, 0.15) is 0 Å². The van der Waals surface area contributed by atoms with E-state index in [0.29, 0.717) is 27.8 Å². The second-order valence-corrected chi connectivity index (χ2v) is 5.33. The number of esters is 1. The first-order valence-corrected chi connectivity index (χ1v) is 6.74. The fourth-order valence-corrected chi connectivity index (χ4v) is 1.80. The van der Waals surface area contributed by atoms with Crippen molar-refractivity contribution < 1.29 is 9.53 Å². The molecule has 0 radical (unpaired) electrons. The summed E-state index contributed by atoms with van der Waals surface area (Å²) in [5.74, 6) is -0.422. The molecule has 0 spiro atoms. The van der Waals surface area contributed by atoms with Gasteiger partial charge in [-0.2, -0.15) is 0 Å². The molecule has 3 N–H and O–H groups in total. The Bertz CT molecular complexity index is 464. The van der Waals surface area contributed by atoms with Crippen molar-refractivity contribution in [3.8, 4) is 0 Å². The van der Waals surface area contributed by atoms with Crippen LogP contribution in [-0.2, 0) is 16.1 Å². The minimum atomic E-state index is -0.427. The highest BCUT2D eigenvalue weighted by molar-refractivity contribution is 6.42. The van der Waals surface area contributed by atoms with E-state index >= 15 is 0 Å². The van der Waals surface area contributed by atoms with Gasteiger partial charge in [-0.1, -0.05) is 37.0 Å². The summed E-state index contributed by atoms with van der Waals surface area (Å²) >= 11 is 12.0. The number of hydrogen-bond acceptors (Lipinski definition) is 4. The SMILES string of the molecule is CC(NCc1c(N)ccc(Cl)c1Cl)OC(=O)C(C)C. The molecule has 0 saturated carbocycles. The number of hydrogen-bond donors (Lipinski definition) is 2. The lowest BCUT2D eigenvalue weighted by atomic mass is 10.2. The van der Waals surface area contributed by atoms with Gasteiger partial charge in [-0.15, -0.1) is 0 Å². The summed E-state index contributed by atoms with van der Waals surface area (Å²) in [5, 5.41) is 3.88. The summed E-state index contributed by atoms with van der Waals surface area (Å²) in [6.45, 7) is 5.68. The molecule has 0 saturated heterocycles. The first-order valence-electron chi connectivity index (χ1n) is 5.99. The van der Waals surface area contributed by atoms with E-state index in [1.165, 1.54) is 0 Å². The highest BCUT2D eigenvalue weighted by Crippen LogP contribution is 2.29. The molecule has 0 aliphatic rings. The van der Waals surface area contributed by atoms with Crippen LogP contribution in [0.1, 0.15) is 26.3 Å². The molecule has 4 nitrogen and oxygen atoms in total. The van der Waals surface area contributed by atoms with Crippen LogP contribution >= 0.6 is 23.2 Å². The lowest BCUT2D eigenvalue weighted by Gasteiger charge is -2.17. The topological polar surface area (TPSA) is 64.3 Å². The number of anilines is 1. The van der Waals surface area contributed by atoms with Crippen molar-refractivity contribution in [2.45, 2.75) is 33.5 Å². The van der Waals surface area contributed by atoms with Gasteiger partial charge in [-0.3, -0.25) is 10.1 Å². The number of rotatable bonds is 5. The highest BCUT2D eigenvalue weighted by Gasteiger charge is 2.14. The van der Waals surface area contributed by atoms with Crippen molar-refractivity contribution in [1.82, 2.24) is 5.32 Å². The molecule has 1 rings (SSSR count). The summed E-state index contributed by atoms with van der Waals surface area (Å²) in [6.07, 6.45) is -0.427. The van der Waals surface area contributed by atoms with E-state index in [1.54, 1.807) is 32.9 Å². The number of carbonyl (C=O) groups is 1. The molecule has 0 heterocycles. The molecular formula is C13H18Cl2N2O2. The van der Waals surface area contributed by atoms with Gasteiger partial charge < -0.3 is 10.5 Å². The standard InChI is InChI=1S/C13H18Cl2N2O2/c1-7(2)13(18)19-8(3)17-6-9-11(16)5-4-10(14)12(9)15/h4-5,7-8,17H,6,16H2,1-3H3. The molecule has 1 unspecified atom stereocenters. The maximum atomic E-state index is 11.4. The van der Waals surface area contributed by atoms with Crippen molar-refractivity contribution in [3.63, 3.8) is 0 Å². The maximum absolute atomic E-state index is 11.4. The van der Waals surface area contributed by atoms with Crippen LogP contribution in [0.25, 0.3) is 0 Å². The van der Waals surface area contributed by atoms with Crippen molar-refractivity contribution >= 4 is 34.9 Å². The van der Waals surface area contributed by atoms with Crippen LogP contribution < -0.4 is 11.1 Å². The number of benzene rings is 1. The van der Waals surface area contributed by atoms with Gasteiger partial charge in [0.25, 0.3) is 0 Å². The first kappa shape index (κ1) is 16.1. The Morgan fingerprint density at radius 2 is 2.00 bits per heavy atom. The van der Waals surface area contributed by atoms with Gasteiger partial charge in [0.2, 0.25) is 0 Å². The van der Waals surface area contributed by atoms with Crippen LogP contribution in [0.15, 0.2) is 12.1 Å². The Balaban J connectivity index is 2.62. The van der Waals surface area contributed by atoms with E-state index in [-0.39, 0.29) is 11.9 Å². The molecule has 0 fully saturated rings. The molecule has 0 aromatic heterocycles. The van der Waals surface area contributed by atoms with E-state index < -0.39 is 6.23 Å². The number of nitrogens with one attached hydrogen (secondary N) is 1. The zero-order valence-electron chi connectivity index (χ0n) is 11.2. The molecule has 19 heavy (non-hydrogen) atoms. The van der Waals surface area contributed by atoms with Crippen molar-refractivity contribution in [2.75, 3.05) is 5.73 Å². The maximum Gasteiger partial charge on any atom is 0.309 e. The molecule has 1 aromatic rings. The quantitative estimate of drug-likeness (QED) is 0.498. The van der Waals surface area contributed by atoms with Gasteiger partial charge >= 0.3 is 5.97 Å². The molecule has 0 aliphatic carbocycles. The number of nitrogens with two attached hydrogens (primary N) is 1. The second-order valence-electron chi connectivity index (χ2n) is 4.54.